The largest absolute Gasteiger partial charge is 0.481 e. The molecule has 0 aromatic heterocycles. The quantitative estimate of drug-likeness (QED) is 0.845. The van der Waals surface area contributed by atoms with Gasteiger partial charge in [-0.15, -0.1) is 0 Å². The molecule has 3 nitrogen and oxygen atoms in total. The number of allylic oxidation sites excluding steroid dienone is 2. The molecule has 0 radical (unpaired) electrons. The first-order valence-corrected chi connectivity index (χ1v) is 7.59. The molecule has 2 fully saturated rings. The van der Waals surface area contributed by atoms with E-state index in [0.29, 0.717) is 12.8 Å². The summed E-state index contributed by atoms with van der Waals surface area (Å²) in [5, 5.41) is 9.37. The van der Waals surface area contributed by atoms with Crippen molar-refractivity contribution in [3.05, 3.63) is 48.0 Å². The Labute approximate surface area is 124 Å². The van der Waals surface area contributed by atoms with Crippen molar-refractivity contribution in [2.75, 3.05) is 0 Å². The van der Waals surface area contributed by atoms with Crippen molar-refractivity contribution in [1.82, 2.24) is 0 Å². The maximum absolute atomic E-state index is 12.4. The molecule has 2 saturated carbocycles. The van der Waals surface area contributed by atoms with Crippen LogP contribution in [-0.2, 0) is 16.0 Å². The molecule has 0 heterocycles. The predicted molar refractivity (Wildman–Crippen MR) is 79.7 cm³/mol. The number of fused-ring (bicyclic) bond motifs is 1. The summed E-state index contributed by atoms with van der Waals surface area (Å²) in [6.07, 6.45) is 6.09. The number of hydrogen-bond donors (Lipinski definition) is 1. The van der Waals surface area contributed by atoms with E-state index in [4.69, 9.17) is 0 Å². The third-order valence-corrected chi connectivity index (χ3v) is 5.24. The summed E-state index contributed by atoms with van der Waals surface area (Å²) < 4.78 is 0. The van der Waals surface area contributed by atoms with Gasteiger partial charge in [-0.2, -0.15) is 0 Å². The fraction of sp³-hybridized carbons (Fsp3) is 0.444. The second kappa shape index (κ2) is 5.14. The molecule has 3 rings (SSSR count). The Bertz CT molecular complexity index is 590. The molecule has 21 heavy (non-hydrogen) atoms. The number of rotatable bonds is 5. The van der Waals surface area contributed by atoms with E-state index in [1.807, 2.05) is 37.3 Å². The van der Waals surface area contributed by atoms with Crippen LogP contribution in [0, 0.1) is 23.2 Å². The number of aliphatic carboxylic acids is 1. The number of carboxylic acid groups (broad SMARTS) is 1. The van der Waals surface area contributed by atoms with Crippen LogP contribution in [0.5, 0.6) is 0 Å². The molecular weight excluding hydrogens is 264 g/mol. The normalized spacial score (nSPS) is 34.1. The first-order valence-electron chi connectivity index (χ1n) is 7.59. The zero-order chi connectivity index (χ0) is 15.0. The van der Waals surface area contributed by atoms with Gasteiger partial charge in [0.15, 0.2) is 0 Å². The van der Waals surface area contributed by atoms with Crippen LogP contribution in [0.25, 0.3) is 0 Å². The smallest absolute Gasteiger partial charge is 0.310 e. The van der Waals surface area contributed by atoms with Gasteiger partial charge in [-0.3, -0.25) is 9.59 Å². The van der Waals surface area contributed by atoms with Gasteiger partial charge in [0.05, 0.1) is 5.41 Å². The predicted octanol–water partition coefficient (Wildman–Crippen LogP) is 3.10. The first-order chi connectivity index (χ1) is 10.1. The van der Waals surface area contributed by atoms with Gasteiger partial charge >= 0.3 is 5.97 Å². The van der Waals surface area contributed by atoms with E-state index >= 15 is 0 Å². The lowest BCUT2D eigenvalue weighted by atomic mass is 9.87. The van der Waals surface area contributed by atoms with Crippen molar-refractivity contribution in [2.45, 2.75) is 26.2 Å². The maximum Gasteiger partial charge on any atom is 0.310 e. The standard InChI is InChI=1S/C18H20O3/c1-2-18(17(20)21)14-11-13(16(19)15(14)18)10-6-9-12-7-4-3-5-8-12/h3-8,10,13-15H,2,9,11H2,1H3,(H,20,21). The van der Waals surface area contributed by atoms with Gasteiger partial charge in [0, 0.05) is 11.8 Å². The van der Waals surface area contributed by atoms with E-state index in [-0.39, 0.29) is 23.5 Å². The first kappa shape index (κ1) is 14.1. The molecule has 0 saturated heterocycles. The van der Waals surface area contributed by atoms with Crippen molar-refractivity contribution < 1.29 is 14.7 Å². The van der Waals surface area contributed by atoms with Crippen LogP contribution in [0.2, 0.25) is 0 Å². The zero-order valence-corrected chi connectivity index (χ0v) is 12.2. The Morgan fingerprint density at radius 3 is 2.62 bits per heavy atom. The lowest BCUT2D eigenvalue weighted by molar-refractivity contribution is -0.146. The van der Waals surface area contributed by atoms with E-state index < -0.39 is 11.4 Å². The highest BCUT2D eigenvalue weighted by Crippen LogP contribution is 2.68. The average Bonchev–Trinajstić information content (AvgIpc) is 3.04. The Balaban J connectivity index is 1.62. The number of carbonyl (C=O) groups is 2. The molecule has 1 N–H and O–H groups in total. The summed E-state index contributed by atoms with van der Waals surface area (Å²) in [4.78, 5) is 23.8. The summed E-state index contributed by atoms with van der Waals surface area (Å²) in [5.41, 5.74) is 0.471. The topological polar surface area (TPSA) is 54.4 Å². The number of carbonyl (C=O) groups excluding carboxylic acids is 1. The third-order valence-electron chi connectivity index (χ3n) is 5.24. The van der Waals surface area contributed by atoms with Crippen molar-refractivity contribution in [1.29, 1.82) is 0 Å². The Kier molecular flexibility index (Phi) is 3.44. The Morgan fingerprint density at radius 1 is 1.38 bits per heavy atom. The van der Waals surface area contributed by atoms with E-state index in [1.54, 1.807) is 0 Å². The van der Waals surface area contributed by atoms with E-state index in [1.165, 1.54) is 5.56 Å². The summed E-state index contributed by atoms with van der Waals surface area (Å²) in [7, 11) is 0. The molecular formula is C18H20O3. The average molecular weight is 284 g/mol. The van der Waals surface area contributed by atoms with Gasteiger partial charge in [0.25, 0.3) is 0 Å². The highest BCUT2D eigenvalue weighted by molar-refractivity contribution is 5.99. The molecule has 2 aliphatic carbocycles. The molecule has 0 amide bonds. The van der Waals surface area contributed by atoms with Gasteiger partial charge < -0.3 is 5.11 Å². The van der Waals surface area contributed by atoms with Crippen molar-refractivity contribution in [2.24, 2.45) is 23.2 Å². The summed E-state index contributed by atoms with van der Waals surface area (Å²) in [5.74, 6) is -0.929. The second-order valence-electron chi connectivity index (χ2n) is 6.15. The molecule has 0 spiro atoms. The fourth-order valence-electron chi connectivity index (χ4n) is 4.02. The molecule has 4 atom stereocenters. The van der Waals surface area contributed by atoms with Crippen molar-refractivity contribution in [3.63, 3.8) is 0 Å². The molecule has 2 aliphatic rings. The van der Waals surface area contributed by atoms with Gasteiger partial charge in [-0.25, -0.2) is 0 Å². The van der Waals surface area contributed by atoms with Crippen LogP contribution in [0.3, 0.4) is 0 Å². The maximum atomic E-state index is 12.4. The Hall–Kier alpha value is -1.90. The molecule has 1 aromatic rings. The van der Waals surface area contributed by atoms with E-state index in [2.05, 4.69) is 12.1 Å². The van der Waals surface area contributed by atoms with Crippen molar-refractivity contribution >= 4 is 11.8 Å². The Morgan fingerprint density at radius 2 is 2.10 bits per heavy atom. The molecule has 3 heteroatoms. The lowest BCUT2D eigenvalue weighted by Gasteiger charge is -2.16. The second-order valence-corrected chi connectivity index (χ2v) is 6.15. The molecule has 4 unspecified atom stereocenters. The van der Waals surface area contributed by atoms with Gasteiger partial charge in [-0.1, -0.05) is 49.4 Å². The SMILES string of the molecule is CCC1(C(=O)O)C2CC(C=CCc3ccccc3)C(=O)C21. The van der Waals surface area contributed by atoms with Crippen LogP contribution in [0.1, 0.15) is 25.3 Å². The highest BCUT2D eigenvalue weighted by Gasteiger charge is 2.75. The molecule has 110 valence electrons. The van der Waals surface area contributed by atoms with Gasteiger partial charge in [-0.05, 0) is 30.7 Å². The van der Waals surface area contributed by atoms with Crippen LogP contribution in [-0.4, -0.2) is 16.9 Å². The van der Waals surface area contributed by atoms with Gasteiger partial charge in [0.1, 0.15) is 5.78 Å². The summed E-state index contributed by atoms with van der Waals surface area (Å²) >= 11 is 0. The minimum absolute atomic E-state index is 0.0545. The zero-order valence-electron chi connectivity index (χ0n) is 12.2. The molecule has 1 aromatic carbocycles. The lowest BCUT2D eigenvalue weighted by Crippen LogP contribution is -2.26. The monoisotopic (exact) mass is 284 g/mol. The fourth-order valence-corrected chi connectivity index (χ4v) is 4.02. The van der Waals surface area contributed by atoms with Crippen molar-refractivity contribution in [3.8, 4) is 0 Å². The third kappa shape index (κ3) is 2.11. The minimum Gasteiger partial charge on any atom is -0.481 e. The van der Waals surface area contributed by atoms with Crippen LogP contribution in [0.4, 0.5) is 0 Å². The number of benzene rings is 1. The molecule has 0 aliphatic heterocycles. The van der Waals surface area contributed by atoms with E-state index in [9.17, 15) is 14.7 Å². The van der Waals surface area contributed by atoms with Gasteiger partial charge in [0.2, 0.25) is 0 Å². The summed E-state index contributed by atoms with van der Waals surface area (Å²) in [6.45, 7) is 1.87. The highest BCUT2D eigenvalue weighted by atomic mass is 16.4. The number of carboxylic acids is 1. The van der Waals surface area contributed by atoms with Crippen LogP contribution >= 0.6 is 0 Å². The van der Waals surface area contributed by atoms with Crippen LogP contribution < -0.4 is 0 Å². The van der Waals surface area contributed by atoms with Crippen LogP contribution in [0.15, 0.2) is 42.5 Å². The van der Waals surface area contributed by atoms with E-state index in [0.717, 1.165) is 6.42 Å². The number of hydrogen-bond acceptors (Lipinski definition) is 2. The number of Topliss-reactive ketones (excluding diaryl/α,β-unsaturated/α-hetero) is 1. The summed E-state index contributed by atoms with van der Waals surface area (Å²) in [6, 6.07) is 10.1. The number of ketones is 1. The molecule has 0 bridgehead atoms. The minimum atomic E-state index is -0.792.